The molecule has 2 aromatic carbocycles. The second-order valence-electron chi connectivity index (χ2n) is 8.46. The van der Waals surface area contributed by atoms with Crippen LogP contribution in [-0.4, -0.2) is 36.3 Å². The third kappa shape index (κ3) is 5.27. The number of hydrogen-bond acceptors (Lipinski definition) is 7. The summed E-state index contributed by atoms with van der Waals surface area (Å²) in [6.45, 7) is 5.28. The number of nitrogens with zero attached hydrogens (tertiary/aromatic N) is 2. The highest BCUT2D eigenvalue weighted by Gasteiger charge is 2.31. The molecule has 182 valence electrons. The summed E-state index contributed by atoms with van der Waals surface area (Å²) in [4.78, 5) is 9.03. The summed E-state index contributed by atoms with van der Waals surface area (Å²) < 4.78 is 51.6. The van der Waals surface area contributed by atoms with E-state index in [1.54, 1.807) is 27.0 Å². The molecule has 1 saturated heterocycles. The topological polar surface area (TPSA) is 94.3 Å². The van der Waals surface area contributed by atoms with Gasteiger partial charge in [-0.3, -0.25) is 0 Å². The van der Waals surface area contributed by atoms with E-state index in [0.717, 1.165) is 38.1 Å². The maximum absolute atomic E-state index is 13.3. The third-order valence-electron chi connectivity index (χ3n) is 5.83. The van der Waals surface area contributed by atoms with Gasteiger partial charge >= 0.3 is 6.18 Å². The van der Waals surface area contributed by atoms with E-state index < -0.39 is 17.8 Å². The van der Waals surface area contributed by atoms with Crippen LogP contribution in [0.25, 0.3) is 10.9 Å². The number of nitrogens with two attached hydrogens (primary N) is 1. The number of halogens is 3. The number of ether oxygens (including phenoxy) is 2. The highest BCUT2D eigenvalue weighted by atomic mass is 19.4. The number of piperidine rings is 1. The summed E-state index contributed by atoms with van der Waals surface area (Å²) in [7, 11) is 1.57. The van der Waals surface area contributed by atoms with E-state index >= 15 is 0 Å². The summed E-state index contributed by atoms with van der Waals surface area (Å²) in [6, 6.07) is 6.66. The van der Waals surface area contributed by atoms with Gasteiger partial charge in [-0.2, -0.15) is 13.2 Å². The van der Waals surface area contributed by atoms with E-state index in [1.165, 1.54) is 6.07 Å². The van der Waals surface area contributed by atoms with E-state index in [1.807, 2.05) is 6.07 Å². The second kappa shape index (κ2) is 9.54. The van der Waals surface area contributed by atoms with Gasteiger partial charge in [0.15, 0.2) is 11.5 Å². The molecule has 1 fully saturated rings. The molecule has 3 aromatic rings. The van der Waals surface area contributed by atoms with Crippen LogP contribution in [0.1, 0.15) is 42.8 Å². The Morgan fingerprint density at radius 2 is 1.82 bits per heavy atom. The van der Waals surface area contributed by atoms with E-state index in [2.05, 4.69) is 20.6 Å². The number of alkyl halides is 3. The highest BCUT2D eigenvalue weighted by Crippen LogP contribution is 2.37. The van der Waals surface area contributed by atoms with Crippen molar-refractivity contribution in [1.29, 1.82) is 0 Å². The first-order valence-corrected chi connectivity index (χ1v) is 11.1. The van der Waals surface area contributed by atoms with Crippen LogP contribution in [0.15, 0.2) is 30.3 Å². The molecule has 34 heavy (non-hydrogen) atoms. The maximum atomic E-state index is 13.3. The van der Waals surface area contributed by atoms with Crippen LogP contribution in [0.3, 0.4) is 0 Å². The number of benzene rings is 2. The number of nitrogen functional groups attached to an aromatic ring is 1. The smallest absolute Gasteiger partial charge is 0.416 e. The number of anilines is 2. The first-order valence-electron chi connectivity index (χ1n) is 11.1. The summed E-state index contributed by atoms with van der Waals surface area (Å²) >= 11 is 0. The number of nitrogens with one attached hydrogen (secondary N) is 2. The van der Waals surface area contributed by atoms with E-state index in [9.17, 15) is 13.2 Å². The maximum Gasteiger partial charge on any atom is 0.416 e. The lowest BCUT2D eigenvalue weighted by atomic mass is 10.0. The summed E-state index contributed by atoms with van der Waals surface area (Å²) in [5.74, 6) is 2.14. The molecule has 7 nitrogen and oxygen atoms in total. The van der Waals surface area contributed by atoms with Crippen LogP contribution in [0.5, 0.6) is 11.5 Å². The lowest BCUT2D eigenvalue weighted by Crippen LogP contribution is -2.34. The quantitative estimate of drug-likeness (QED) is 0.439. The van der Waals surface area contributed by atoms with Crippen molar-refractivity contribution in [3.63, 3.8) is 0 Å². The summed E-state index contributed by atoms with van der Waals surface area (Å²) in [5, 5.41) is 7.23. The van der Waals surface area contributed by atoms with Crippen LogP contribution in [0.4, 0.5) is 24.7 Å². The summed E-state index contributed by atoms with van der Waals surface area (Å²) in [5.41, 5.74) is 6.05. The van der Waals surface area contributed by atoms with Crippen molar-refractivity contribution in [3.8, 4) is 11.5 Å². The van der Waals surface area contributed by atoms with Gasteiger partial charge in [0, 0.05) is 17.1 Å². The van der Waals surface area contributed by atoms with Crippen molar-refractivity contribution in [2.45, 2.75) is 45.0 Å². The molecule has 2 heterocycles. The Bertz CT molecular complexity index is 1180. The van der Waals surface area contributed by atoms with Crippen molar-refractivity contribution >= 4 is 22.4 Å². The Hall–Kier alpha value is -3.27. The Balaban J connectivity index is 1.70. The lowest BCUT2D eigenvalue weighted by molar-refractivity contribution is -0.137. The van der Waals surface area contributed by atoms with Crippen LogP contribution in [-0.2, 0) is 6.18 Å². The number of methoxy groups -OCH3 is 1. The molecular weight excluding hydrogens is 447 g/mol. The molecular formula is C24H28F3N5O2. The van der Waals surface area contributed by atoms with Crippen LogP contribution < -0.4 is 25.8 Å². The minimum absolute atomic E-state index is 0.0459. The zero-order valence-electron chi connectivity index (χ0n) is 19.3. The second-order valence-corrected chi connectivity index (χ2v) is 8.46. The predicted molar refractivity (Wildman–Crippen MR) is 125 cm³/mol. The molecule has 0 spiro atoms. The molecule has 4 N–H and O–H groups in total. The van der Waals surface area contributed by atoms with Gasteiger partial charge in [0.2, 0.25) is 0 Å². The molecule has 1 aromatic heterocycles. The van der Waals surface area contributed by atoms with E-state index in [0.29, 0.717) is 39.6 Å². The number of fused-ring (bicyclic) bond motifs is 1. The number of rotatable bonds is 6. The summed E-state index contributed by atoms with van der Waals surface area (Å²) in [6.07, 6.45) is -2.67. The highest BCUT2D eigenvalue weighted by molar-refractivity contribution is 5.92. The van der Waals surface area contributed by atoms with Gasteiger partial charge in [0.1, 0.15) is 17.7 Å². The zero-order chi connectivity index (χ0) is 24.5. The Labute approximate surface area is 195 Å². The minimum Gasteiger partial charge on any atom is -0.493 e. The van der Waals surface area contributed by atoms with Gasteiger partial charge in [-0.05, 0) is 69.6 Å². The van der Waals surface area contributed by atoms with Gasteiger partial charge in [0.25, 0.3) is 0 Å². The molecule has 1 aliphatic rings. The molecule has 4 rings (SSSR count). The Morgan fingerprint density at radius 1 is 1.09 bits per heavy atom. The lowest BCUT2D eigenvalue weighted by Gasteiger charge is -2.25. The fraction of sp³-hybridized carbons (Fsp3) is 0.417. The number of aromatic nitrogens is 2. The first-order chi connectivity index (χ1) is 16.1. The standard InChI is InChI=1S/C24H28F3N5O2/c1-13(15-8-16(24(25,26)27)10-17(28)9-15)30-23-19-11-22(34-18-4-6-29-7-5-18)21(33-3)12-20(19)31-14(2)32-23/h8-13,18,29H,4-7,28H2,1-3H3,(H,30,31,32). The van der Waals surface area contributed by atoms with Gasteiger partial charge in [0.05, 0.1) is 24.2 Å². The fourth-order valence-corrected chi connectivity index (χ4v) is 4.09. The molecule has 0 radical (unpaired) electrons. The van der Waals surface area contributed by atoms with Gasteiger partial charge < -0.3 is 25.8 Å². The molecule has 0 amide bonds. The Morgan fingerprint density at radius 3 is 2.50 bits per heavy atom. The molecule has 0 saturated carbocycles. The molecule has 0 aliphatic carbocycles. The van der Waals surface area contributed by atoms with E-state index in [-0.39, 0.29) is 11.8 Å². The van der Waals surface area contributed by atoms with Crippen LogP contribution in [0.2, 0.25) is 0 Å². The molecule has 10 heteroatoms. The zero-order valence-corrected chi connectivity index (χ0v) is 19.3. The fourth-order valence-electron chi connectivity index (χ4n) is 4.09. The number of aryl methyl sites for hydroxylation is 1. The monoisotopic (exact) mass is 475 g/mol. The average molecular weight is 476 g/mol. The first kappa shape index (κ1) is 23.9. The van der Waals surface area contributed by atoms with Gasteiger partial charge in [-0.1, -0.05) is 0 Å². The van der Waals surface area contributed by atoms with Crippen molar-refractivity contribution in [3.05, 3.63) is 47.3 Å². The van der Waals surface area contributed by atoms with Crippen molar-refractivity contribution in [2.24, 2.45) is 0 Å². The molecule has 0 bridgehead atoms. The third-order valence-corrected chi connectivity index (χ3v) is 5.83. The normalized spacial score (nSPS) is 15.8. The minimum atomic E-state index is -4.49. The molecule has 1 atom stereocenters. The largest absolute Gasteiger partial charge is 0.493 e. The van der Waals surface area contributed by atoms with Gasteiger partial charge in [-0.15, -0.1) is 0 Å². The molecule has 1 unspecified atom stereocenters. The van der Waals surface area contributed by atoms with Crippen LogP contribution in [0, 0.1) is 6.92 Å². The molecule has 1 aliphatic heterocycles. The van der Waals surface area contributed by atoms with Crippen LogP contribution >= 0.6 is 0 Å². The van der Waals surface area contributed by atoms with E-state index in [4.69, 9.17) is 15.2 Å². The van der Waals surface area contributed by atoms with Crippen molar-refractivity contribution in [2.75, 3.05) is 31.2 Å². The van der Waals surface area contributed by atoms with Crippen molar-refractivity contribution in [1.82, 2.24) is 15.3 Å². The predicted octanol–water partition coefficient (Wildman–Crippen LogP) is 4.85. The van der Waals surface area contributed by atoms with Gasteiger partial charge in [-0.25, -0.2) is 9.97 Å². The average Bonchev–Trinajstić information content (AvgIpc) is 2.78. The SMILES string of the molecule is COc1cc2nc(C)nc(NC(C)c3cc(N)cc(C(F)(F)F)c3)c2cc1OC1CCNCC1. The number of hydrogen-bond donors (Lipinski definition) is 3. The Kier molecular flexibility index (Phi) is 6.70. The van der Waals surface area contributed by atoms with Crippen molar-refractivity contribution < 1.29 is 22.6 Å².